The minimum atomic E-state index is -1.11. The summed E-state index contributed by atoms with van der Waals surface area (Å²) in [5.74, 6) is -0.629. The van der Waals surface area contributed by atoms with Crippen molar-refractivity contribution in [1.82, 2.24) is 0 Å². The fourth-order valence-corrected chi connectivity index (χ4v) is 1.78. The number of halogens is 4. The van der Waals surface area contributed by atoms with E-state index in [9.17, 15) is 9.59 Å². The molecule has 0 radical (unpaired) electrons. The first-order chi connectivity index (χ1) is 6.00. The van der Waals surface area contributed by atoms with Crippen LogP contribution in [0.2, 0.25) is 0 Å². The van der Waals surface area contributed by atoms with Gasteiger partial charge in [0.2, 0.25) is 0 Å². The molecule has 0 spiro atoms. The van der Waals surface area contributed by atoms with E-state index in [1.165, 1.54) is 0 Å². The number of alkyl halides is 1. The Labute approximate surface area is 94.1 Å². The van der Waals surface area contributed by atoms with Gasteiger partial charge in [-0.1, -0.05) is 34.8 Å². The molecule has 0 heterocycles. The van der Waals surface area contributed by atoms with Crippen molar-refractivity contribution in [2.75, 3.05) is 0 Å². The van der Waals surface area contributed by atoms with Crippen molar-refractivity contribution in [2.24, 2.45) is 0 Å². The van der Waals surface area contributed by atoms with E-state index in [-0.39, 0.29) is 20.7 Å². The molecule has 0 N–H and O–H groups in total. The van der Waals surface area contributed by atoms with Gasteiger partial charge in [-0.2, -0.15) is 0 Å². The molecule has 0 aromatic carbocycles. The van der Waals surface area contributed by atoms with Crippen molar-refractivity contribution in [3.63, 3.8) is 0 Å². The summed E-state index contributed by atoms with van der Waals surface area (Å²) in [5, 5.41) is -1.37. The molecule has 70 valence electrons. The maximum Gasteiger partial charge on any atom is 0.190 e. The van der Waals surface area contributed by atoms with Gasteiger partial charge in [0.05, 0.1) is 20.7 Å². The Bertz CT molecular complexity index is 342. The third kappa shape index (κ3) is 1.77. The van der Waals surface area contributed by atoms with E-state index in [0.717, 1.165) is 0 Å². The SMILES string of the molecule is O=CC1=C(Cl)C(Cl)=C(Cl)C(Cl)C1=O. The normalized spacial score (nSPS) is 24.0. The summed E-state index contributed by atoms with van der Waals surface area (Å²) in [5.41, 5.74) is -0.240. The van der Waals surface area contributed by atoms with Crippen molar-refractivity contribution in [3.8, 4) is 0 Å². The molecular weight excluding hydrogens is 258 g/mol. The smallest absolute Gasteiger partial charge is 0.190 e. The average molecular weight is 260 g/mol. The van der Waals surface area contributed by atoms with Gasteiger partial charge >= 0.3 is 0 Å². The zero-order chi connectivity index (χ0) is 10.2. The highest BCUT2D eigenvalue weighted by atomic mass is 35.5. The Kier molecular flexibility index (Phi) is 3.41. The molecule has 0 aromatic heterocycles. The van der Waals surface area contributed by atoms with Crippen molar-refractivity contribution in [2.45, 2.75) is 5.38 Å². The standard InChI is InChI=1S/C7H2Cl4O2/c8-3-2(1-12)7(13)6(11)5(10)4(3)9/h1,6H. The van der Waals surface area contributed by atoms with Crippen LogP contribution in [0.15, 0.2) is 20.7 Å². The molecule has 0 amide bonds. The Morgan fingerprint density at radius 3 is 2.15 bits per heavy atom. The summed E-state index contributed by atoms with van der Waals surface area (Å²) in [4.78, 5) is 21.7. The molecule has 13 heavy (non-hydrogen) atoms. The number of ketones is 1. The molecule has 0 saturated carbocycles. The zero-order valence-electron chi connectivity index (χ0n) is 5.98. The van der Waals surface area contributed by atoms with Crippen LogP contribution >= 0.6 is 46.4 Å². The highest BCUT2D eigenvalue weighted by molar-refractivity contribution is 6.56. The third-order valence-electron chi connectivity index (χ3n) is 1.47. The highest BCUT2D eigenvalue weighted by Gasteiger charge is 2.32. The fourth-order valence-electron chi connectivity index (χ4n) is 0.804. The van der Waals surface area contributed by atoms with Crippen molar-refractivity contribution in [1.29, 1.82) is 0 Å². The predicted octanol–water partition coefficient (Wildman–Crippen LogP) is 2.56. The molecular formula is C7H2Cl4O2. The van der Waals surface area contributed by atoms with Gasteiger partial charge in [0.1, 0.15) is 5.38 Å². The molecule has 0 saturated heterocycles. The monoisotopic (exact) mass is 258 g/mol. The molecule has 0 bridgehead atoms. The van der Waals surface area contributed by atoms with E-state index in [4.69, 9.17) is 46.4 Å². The summed E-state index contributed by atoms with van der Waals surface area (Å²) in [7, 11) is 0. The maximum absolute atomic E-state index is 11.2. The van der Waals surface area contributed by atoms with Crippen LogP contribution in [-0.2, 0) is 9.59 Å². The number of aldehydes is 1. The van der Waals surface area contributed by atoms with Crippen LogP contribution in [0.1, 0.15) is 0 Å². The largest absolute Gasteiger partial charge is 0.298 e. The van der Waals surface area contributed by atoms with Crippen LogP contribution in [0.3, 0.4) is 0 Å². The number of carbonyl (C=O) groups excluding carboxylic acids is 2. The molecule has 0 aromatic rings. The van der Waals surface area contributed by atoms with E-state index in [2.05, 4.69) is 0 Å². The number of hydrogen-bond acceptors (Lipinski definition) is 2. The zero-order valence-corrected chi connectivity index (χ0v) is 9.01. The van der Waals surface area contributed by atoms with E-state index < -0.39 is 11.2 Å². The first kappa shape index (κ1) is 11.1. The van der Waals surface area contributed by atoms with E-state index in [1.54, 1.807) is 0 Å². The summed E-state index contributed by atoms with van der Waals surface area (Å²) in [6.45, 7) is 0. The lowest BCUT2D eigenvalue weighted by Gasteiger charge is -2.15. The lowest BCUT2D eigenvalue weighted by molar-refractivity contribution is -0.116. The molecule has 1 atom stereocenters. The first-order valence-corrected chi connectivity index (χ1v) is 4.66. The highest BCUT2D eigenvalue weighted by Crippen LogP contribution is 2.36. The Balaban J connectivity index is 3.35. The van der Waals surface area contributed by atoms with Crippen LogP contribution in [0.5, 0.6) is 0 Å². The van der Waals surface area contributed by atoms with E-state index in [1.807, 2.05) is 0 Å². The lowest BCUT2D eigenvalue weighted by Crippen LogP contribution is -2.23. The minimum absolute atomic E-state index is 0.0509. The van der Waals surface area contributed by atoms with Gasteiger partial charge < -0.3 is 0 Å². The van der Waals surface area contributed by atoms with Crippen LogP contribution in [0.25, 0.3) is 0 Å². The Morgan fingerprint density at radius 2 is 1.69 bits per heavy atom. The number of carbonyl (C=O) groups is 2. The van der Waals surface area contributed by atoms with Crippen LogP contribution in [0.4, 0.5) is 0 Å². The van der Waals surface area contributed by atoms with Gasteiger partial charge in [0, 0.05) is 0 Å². The Hall–Kier alpha value is -0.0200. The van der Waals surface area contributed by atoms with Gasteiger partial charge in [-0.05, 0) is 0 Å². The molecule has 2 nitrogen and oxygen atoms in total. The number of Topliss-reactive ketones (excluding diaryl/α,β-unsaturated/α-hetero) is 1. The molecule has 6 heteroatoms. The summed E-state index contributed by atoms with van der Waals surface area (Å²) < 4.78 is 0. The van der Waals surface area contributed by atoms with Gasteiger partial charge in [0.25, 0.3) is 0 Å². The van der Waals surface area contributed by atoms with Crippen molar-refractivity contribution in [3.05, 3.63) is 20.7 Å². The minimum Gasteiger partial charge on any atom is -0.298 e. The first-order valence-electron chi connectivity index (χ1n) is 3.09. The van der Waals surface area contributed by atoms with Gasteiger partial charge in [-0.3, -0.25) is 9.59 Å². The molecule has 1 unspecified atom stereocenters. The molecule has 0 fully saturated rings. The average Bonchev–Trinajstić information content (AvgIpc) is 2.13. The fraction of sp³-hybridized carbons (Fsp3) is 0.143. The van der Waals surface area contributed by atoms with Gasteiger partial charge in [-0.15, -0.1) is 11.6 Å². The molecule has 1 rings (SSSR count). The van der Waals surface area contributed by atoms with Crippen molar-refractivity contribution < 1.29 is 9.59 Å². The van der Waals surface area contributed by atoms with Crippen LogP contribution in [-0.4, -0.2) is 17.4 Å². The predicted molar refractivity (Wildman–Crippen MR) is 52.3 cm³/mol. The van der Waals surface area contributed by atoms with Crippen LogP contribution < -0.4 is 0 Å². The lowest BCUT2D eigenvalue weighted by atomic mass is 10.0. The topological polar surface area (TPSA) is 34.1 Å². The summed E-state index contributed by atoms with van der Waals surface area (Å²) >= 11 is 22.4. The van der Waals surface area contributed by atoms with Crippen molar-refractivity contribution >= 4 is 58.5 Å². The second kappa shape index (κ2) is 4.01. The Morgan fingerprint density at radius 1 is 1.15 bits per heavy atom. The number of rotatable bonds is 1. The summed E-state index contributed by atoms with van der Waals surface area (Å²) in [6, 6.07) is 0. The van der Waals surface area contributed by atoms with E-state index in [0.29, 0.717) is 6.29 Å². The van der Waals surface area contributed by atoms with Gasteiger partial charge in [0.15, 0.2) is 12.1 Å². The molecule has 1 aliphatic carbocycles. The third-order valence-corrected chi connectivity index (χ3v) is 3.39. The quantitative estimate of drug-likeness (QED) is 0.412. The number of allylic oxidation sites excluding steroid dienone is 4. The van der Waals surface area contributed by atoms with E-state index >= 15 is 0 Å². The van der Waals surface area contributed by atoms with Crippen LogP contribution in [0, 0.1) is 0 Å². The number of hydrogen-bond donors (Lipinski definition) is 0. The second-order valence-corrected chi connectivity index (χ2v) is 3.83. The summed E-state index contributed by atoms with van der Waals surface area (Å²) in [6.07, 6.45) is 0.311. The maximum atomic E-state index is 11.2. The molecule has 1 aliphatic rings. The van der Waals surface area contributed by atoms with Gasteiger partial charge in [-0.25, -0.2) is 0 Å². The molecule has 0 aliphatic heterocycles. The second-order valence-electron chi connectivity index (χ2n) is 2.23.